The standard InChI is InChI=1S/C3H7N3O2/c1-8-5-2-3(4)6-7/h2,7H,1H3,(H2,4,6). The molecule has 0 aromatic rings. The van der Waals surface area contributed by atoms with Gasteiger partial charge in [-0.3, -0.25) is 0 Å². The summed E-state index contributed by atoms with van der Waals surface area (Å²) in [5.41, 5.74) is 4.93. The van der Waals surface area contributed by atoms with Crippen molar-refractivity contribution in [1.29, 1.82) is 0 Å². The summed E-state index contributed by atoms with van der Waals surface area (Å²) in [7, 11) is 1.36. The van der Waals surface area contributed by atoms with Crippen LogP contribution in [0.5, 0.6) is 0 Å². The lowest BCUT2D eigenvalue weighted by atomic mass is 10.7. The van der Waals surface area contributed by atoms with E-state index in [-0.39, 0.29) is 5.84 Å². The fourth-order valence-corrected chi connectivity index (χ4v) is 0.133. The summed E-state index contributed by atoms with van der Waals surface area (Å²) in [6.45, 7) is 0. The van der Waals surface area contributed by atoms with Gasteiger partial charge in [-0.1, -0.05) is 10.3 Å². The van der Waals surface area contributed by atoms with Crippen LogP contribution in [0.3, 0.4) is 0 Å². The van der Waals surface area contributed by atoms with E-state index in [4.69, 9.17) is 10.9 Å². The Bertz CT molecular complexity index is 109. The molecule has 5 nitrogen and oxygen atoms in total. The first-order chi connectivity index (χ1) is 3.81. The average Bonchev–Trinajstić information content (AvgIpc) is 1.83. The highest BCUT2D eigenvalue weighted by atomic mass is 16.6. The molecule has 0 atom stereocenters. The molecule has 0 spiro atoms. The van der Waals surface area contributed by atoms with Gasteiger partial charge in [-0.2, -0.15) is 0 Å². The van der Waals surface area contributed by atoms with Crippen LogP contribution in [-0.2, 0) is 4.84 Å². The van der Waals surface area contributed by atoms with E-state index < -0.39 is 0 Å². The fourth-order valence-electron chi connectivity index (χ4n) is 0.133. The molecule has 0 aliphatic carbocycles. The molecular formula is C3H7N3O2. The second kappa shape index (κ2) is 3.91. The third-order valence-electron chi connectivity index (χ3n) is 0.406. The SMILES string of the molecule is CON=CC(N)=NO. The molecule has 0 unspecified atom stereocenters. The van der Waals surface area contributed by atoms with Crippen molar-refractivity contribution in [2.75, 3.05) is 7.11 Å². The molecule has 0 rings (SSSR count). The lowest BCUT2D eigenvalue weighted by molar-refractivity contribution is 0.215. The zero-order valence-corrected chi connectivity index (χ0v) is 4.40. The number of rotatable bonds is 2. The quantitative estimate of drug-likeness (QED) is 0.218. The lowest BCUT2D eigenvalue weighted by Gasteiger charge is -1.83. The third kappa shape index (κ3) is 2.95. The zero-order valence-electron chi connectivity index (χ0n) is 4.40. The van der Waals surface area contributed by atoms with E-state index in [0.29, 0.717) is 0 Å². The Balaban J connectivity index is 3.53. The summed E-state index contributed by atoms with van der Waals surface area (Å²) in [4.78, 5) is 4.21. The molecule has 0 amide bonds. The van der Waals surface area contributed by atoms with E-state index in [1.165, 1.54) is 7.11 Å². The molecule has 0 radical (unpaired) electrons. The monoisotopic (exact) mass is 117 g/mol. The normalized spacial score (nSPS) is 12.4. The maximum Gasteiger partial charge on any atom is 0.184 e. The highest BCUT2D eigenvalue weighted by molar-refractivity contribution is 6.28. The molecule has 0 aliphatic heterocycles. The minimum atomic E-state index is -0.0909. The Morgan fingerprint density at radius 1 is 1.88 bits per heavy atom. The van der Waals surface area contributed by atoms with Crippen molar-refractivity contribution in [1.82, 2.24) is 0 Å². The van der Waals surface area contributed by atoms with Crippen LogP contribution >= 0.6 is 0 Å². The summed E-state index contributed by atoms with van der Waals surface area (Å²) in [6.07, 6.45) is 1.08. The van der Waals surface area contributed by atoms with Crippen LogP contribution in [0.2, 0.25) is 0 Å². The summed E-state index contributed by atoms with van der Waals surface area (Å²) < 4.78 is 0. The first-order valence-electron chi connectivity index (χ1n) is 1.85. The van der Waals surface area contributed by atoms with Gasteiger partial charge in [0.1, 0.15) is 13.3 Å². The number of oxime groups is 2. The summed E-state index contributed by atoms with van der Waals surface area (Å²) in [5, 5.41) is 13.7. The largest absolute Gasteiger partial charge is 0.409 e. The summed E-state index contributed by atoms with van der Waals surface area (Å²) >= 11 is 0. The van der Waals surface area contributed by atoms with E-state index in [1.807, 2.05) is 0 Å². The summed E-state index contributed by atoms with van der Waals surface area (Å²) in [6, 6.07) is 0. The Morgan fingerprint density at radius 3 is 2.88 bits per heavy atom. The highest BCUT2D eigenvalue weighted by Crippen LogP contribution is 1.63. The Labute approximate surface area is 46.4 Å². The van der Waals surface area contributed by atoms with Crippen molar-refractivity contribution in [3.8, 4) is 0 Å². The van der Waals surface area contributed by atoms with E-state index in [9.17, 15) is 0 Å². The van der Waals surface area contributed by atoms with Gasteiger partial charge in [0.25, 0.3) is 0 Å². The van der Waals surface area contributed by atoms with Crippen LogP contribution in [0, 0.1) is 0 Å². The fraction of sp³-hybridized carbons (Fsp3) is 0.333. The minimum Gasteiger partial charge on any atom is -0.409 e. The van der Waals surface area contributed by atoms with Gasteiger partial charge in [0.15, 0.2) is 5.84 Å². The molecule has 0 aliphatic rings. The molecule has 0 fully saturated rings. The molecule has 0 heterocycles. The Hall–Kier alpha value is -1.26. The molecule has 0 aromatic heterocycles. The smallest absolute Gasteiger partial charge is 0.184 e. The van der Waals surface area contributed by atoms with Gasteiger partial charge < -0.3 is 15.8 Å². The van der Waals surface area contributed by atoms with Crippen molar-refractivity contribution >= 4 is 12.1 Å². The van der Waals surface area contributed by atoms with Crippen molar-refractivity contribution in [2.45, 2.75) is 0 Å². The number of amidine groups is 1. The number of hydrogen-bond acceptors (Lipinski definition) is 4. The van der Waals surface area contributed by atoms with E-state index in [2.05, 4.69) is 15.1 Å². The molecule has 5 heteroatoms. The Morgan fingerprint density at radius 2 is 2.50 bits per heavy atom. The van der Waals surface area contributed by atoms with Gasteiger partial charge >= 0.3 is 0 Å². The predicted octanol–water partition coefficient (Wildman–Crippen LogP) is -0.635. The van der Waals surface area contributed by atoms with Gasteiger partial charge in [0.05, 0.1) is 0 Å². The van der Waals surface area contributed by atoms with Crippen LogP contribution in [0.15, 0.2) is 10.3 Å². The second-order valence-electron chi connectivity index (χ2n) is 0.942. The molecule has 0 saturated carbocycles. The van der Waals surface area contributed by atoms with Gasteiger partial charge in [0, 0.05) is 0 Å². The molecule has 0 aromatic carbocycles. The maximum atomic E-state index is 7.88. The van der Waals surface area contributed by atoms with Gasteiger partial charge in [-0.25, -0.2) is 0 Å². The first kappa shape index (κ1) is 6.74. The second-order valence-corrected chi connectivity index (χ2v) is 0.942. The molecule has 8 heavy (non-hydrogen) atoms. The van der Waals surface area contributed by atoms with Crippen LogP contribution in [-0.4, -0.2) is 24.4 Å². The van der Waals surface area contributed by atoms with Crippen LogP contribution in [0.4, 0.5) is 0 Å². The van der Waals surface area contributed by atoms with Crippen molar-refractivity contribution in [2.24, 2.45) is 16.0 Å². The lowest BCUT2D eigenvalue weighted by Crippen LogP contribution is -2.12. The average molecular weight is 117 g/mol. The van der Waals surface area contributed by atoms with Gasteiger partial charge in [0.2, 0.25) is 0 Å². The molecular weight excluding hydrogens is 110 g/mol. The van der Waals surface area contributed by atoms with E-state index in [0.717, 1.165) is 6.21 Å². The number of nitrogens with zero attached hydrogens (tertiary/aromatic N) is 2. The van der Waals surface area contributed by atoms with Crippen LogP contribution in [0.1, 0.15) is 0 Å². The number of hydrogen-bond donors (Lipinski definition) is 2. The van der Waals surface area contributed by atoms with Crippen LogP contribution in [0.25, 0.3) is 0 Å². The van der Waals surface area contributed by atoms with Crippen molar-refractivity contribution in [3.05, 3.63) is 0 Å². The molecule has 46 valence electrons. The van der Waals surface area contributed by atoms with E-state index in [1.54, 1.807) is 0 Å². The molecule has 3 N–H and O–H groups in total. The highest BCUT2D eigenvalue weighted by Gasteiger charge is 1.79. The third-order valence-corrected chi connectivity index (χ3v) is 0.406. The van der Waals surface area contributed by atoms with E-state index >= 15 is 0 Å². The zero-order chi connectivity index (χ0) is 6.41. The Kier molecular flexibility index (Phi) is 3.30. The predicted molar refractivity (Wildman–Crippen MR) is 28.9 cm³/mol. The molecule has 0 bridgehead atoms. The number of nitrogens with two attached hydrogens (primary N) is 1. The minimum absolute atomic E-state index is 0.0909. The van der Waals surface area contributed by atoms with Crippen molar-refractivity contribution < 1.29 is 10.0 Å². The first-order valence-corrected chi connectivity index (χ1v) is 1.85. The van der Waals surface area contributed by atoms with Gasteiger partial charge in [-0.05, 0) is 0 Å². The maximum absolute atomic E-state index is 7.88. The topological polar surface area (TPSA) is 80.2 Å². The van der Waals surface area contributed by atoms with Crippen molar-refractivity contribution in [3.63, 3.8) is 0 Å². The summed E-state index contributed by atoms with van der Waals surface area (Å²) in [5.74, 6) is -0.0909. The van der Waals surface area contributed by atoms with Crippen LogP contribution < -0.4 is 5.73 Å². The van der Waals surface area contributed by atoms with Gasteiger partial charge in [-0.15, -0.1) is 0 Å². The molecule has 0 saturated heterocycles.